The van der Waals surface area contributed by atoms with Crippen molar-refractivity contribution in [3.05, 3.63) is 48.3 Å². The van der Waals surface area contributed by atoms with Crippen LogP contribution in [0.25, 0.3) is 22.1 Å². The summed E-state index contributed by atoms with van der Waals surface area (Å²) in [5, 5.41) is 10.2. The third-order valence-electron chi connectivity index (χ3n) is 3.57. The molecule has 1 N–H and O–H groups in total. The number of fused-ring (bicyclic) bond motifs is 3. The van der Waals surface area contributed by atoms with E-state index in [1.807, 2.05) is 43.5 Å². The van der Waals surface area contributed by atoms with Gasteiger partial charge in [-0.3, -0.25) is 4.98 Å². The van der Waals surface area contributed by atoms with Crippen LogP contribution in [0.15, 0.2) is 47.9 Å². The molecule has 0 unspecified atom stereocenters. The van der Waals surface area contributed by atoms with Crippen molar-refractivity contribution >= 4 is 33.8 Å². The normalized spacial score (nSPS) is 11.2. The van der Waals surface area contributed by atoms with E-state index < -0.39 is 0 Å². The summed E-state index contributed by atoms with van der Waals surface area (Å²) in [5.41, 5.74) is 3.61. The fourth-order valence-electron chi connectivity index (χ4n) is 2.48. The molecule has 4 aromatic rings. The van der Waals surface area contributed by atoms with Gasteiger partial charge in [0, 0.05) is 29.0 Å². The number of rotatable bonds is 5. The van der Waals surface area contributed by atoms with Gasteiger partial charge in [0.2, 0.25) is 5.16 Å². The molecule has 0 spiro atoms. The van der Waals surface area contributed by atoms with Gasteiger partial charge in [-0.15, -0.1) is 10.2 Å². The number of nitrogens with one attached hydrogen (secondary N) is 1. The van der Waals surface area contributed by atoms with Gasteiger partial charge >= 0.3 is 0 Å². The second-order valence-electron chi connectivity index (χ2n) is 5.21. The predicted octanol–water partition coefficient (Wildman–Crippen LogP) is 3.59. The summed E-state index contributed by atoms with van der Waals surface area (Å²) < 4.78 is 5.55. The average Bonchev–Trinajstić information content (AvgIpc) is 2.98. The summed E-state index contributed by atoms with van der Waals surface area (Å²) in [6.45, 7) is 2.60. The third kappa shape index (κ3) is 2.90. The second kappa shape index (κ2) is 6.45. The number of nitrogens with zero attached hydrogens (tertiary/aromatic N) is 4. The Bertz CT molecular complexity index is 986. The topological polar surface area (TPSA) is 76.6 Å². The van der Waals surface area contributed by atoms with Crippen molar-refractivity contribution in [2.24, 2.45) is 0 Å². The summed E-state index contributed by atoms with van der Waals surface area (Å²) >= 11 is 1.54. The minimum Gasteiger partial charge on any atom is -0.494 e. The van der Waals surface area contributed by atoms with Crippen molar-refractivity contribution in [1.29, 1.82) is 0 Å². The summed E-state index contributed by atoms with van der Waals surface area (Å²) in [4.78, 5) is 12.0. The smallest absolute Gasteiger partial charge is 0.211 e. The highest BCUT2D eigenvalue weighted by molar-refractivity contribution is 7.98. The molecule has 0 amide bonds. The first-order valence-corrected chi connectivity index (χ1v) is 8.62. The fourth-order valence-corrected chi connectivity index (χ4v) is 3.21. The molecule has 7 heteroatoms. The summed E-state index contributed by atoms with van der Waals surface area (Å²) in [7, 11) is 0. The fraction of sp³-hybridized carbons (Fsp3) is 0.176. The van der Waals surface area contributed by atoms with Crippen molar-refractivity contribution in [3.63, 3.8) is 0 Å². The minimum absolute atomic E-state index is 0.632. The zero-order valence-corrected chi connectivity index (χ0v) is 13.9. The number of hydrogen-bond donors (Lipinski definition) is 1. The second-order valence-corrected chi connectivity index (χ2v) is 6.15. The molecule has 0 aliphatic heterocycles. The zero-order valence-electron chi connectivity index (χ0n) is 13.1. The number of ether oxygens (including phenoxy) is 1. The molecule has 24 heavy (non-hydrogen) atoms. The molecule has 0 radical (unpaired) electrons. The van der Waals surface area contributed by atoms with Gasteiger partial charge < -0.3 is 9.72 Å². The van der Waals surface area contributed by atoms with E-state index in [4.69, 9.17) is 4.74 Å². The van der Waals surface area contributed by atoms with E-state index in [0.29, 0.717) is 11.8 Å². The first kappa shape index (κ1) is 14.9. The molecule has 1 aromatic carbocycles. The Hall–Kier alpha value is -2.67. The Kier molecular flexibility index (Phi) is 4.00. The maximum absolute atomic E-state index is 5.55. The molecule has 6 nitrogen and oxygen atoms in total. The van der Waals surface area contributed by atoms with Gasteiger partial charge in [-0.05, 0) is 36.8 Å². The van der Waals surface area contributed by atoms with Crippen LogP contribution < -0.4 is 4.74 Å². The number of benzene rings is 1. The van der Waals surface area contributed by atoms with Gasteiger partial charge in [-0.25, -0.2) is 4.98 Å². The molecule has 0 aliphatic carbocycles. The van der Waals surface area contributed by atoms with Crippen molar-refractivity contribution < 1.29 is 4.74 Å². The molecule has 0 atom stereocenters. The molecule has 3 aromatic heterocycles. The molecular formula is C17H15N5OS. The van der Waals surface area contributed by atoms with E-state index in [1.165, 1.54) is 0 Å². The summed E-state index contributed by atoms with van der Waals surface area (Å²) in [6.07, 6.45) is 3.61. The van der Waals surface area contributed by atoms with Gasteiger partial charge in [0.05, 0.1) is 6.61 Å². The number of hydrogen-bond acceptors (Lipinski definition) is 6. The molecule has 0 fully saturated rings. The summed E-state index contributed by atoms with van der Waals surface area (Å²) in [5.74, 6) is 1.58. The number of thioether (sulfide) groups is 1. The lowest BCUT2D eigenvalue weighted by molar-refractivity contribution is 0.341. The molecule has 0 aliphatic rings. The number of pyridine rings is 1. The van der Waals surface area contributed by atoms with Gasteiger partial charge in [0.1, 0.15) is 11.3 Å². The number of aromatic amines is 1. The van der Waals surface area contributed by atoms with Crippen molar-refractivity contribution in [2.75, 3.05) is 6.61 Å². The highest BCUT2D eigenvalue weighted by atomic mass is 32.2. The number of aromatic nitrogens is 5. The monoisotopic (exact) mass is 337 g/mol. The molecule has 0 saturated heterocycles. The van der Waals surface area contributed by atoms with Crippen LogP contribution in [0.5, 0.6) is 5.75 Å². The Balaban J connectivity index is 1.64. The first-order chi connectivity index (χ1) is 11.8. The van der Waals surface area contributed by atoms with E-state index >= 15 is 0 Å². The SMILES string of the molecule is CCOc1ccc2[nH]c3nc(SCc4cccnc4)nnc3c2c1. The Labute approximate surface area is 142 Å². The minimum atomic E-state index is 0.632. The van der Waals surface area contributed by atoms with Crippen molar-refractivity contribution in [3.8, 4) is 5.75 Å². The van der Waals surface area contributed by atoms with Crippen LogP contribution in [-0.2, 0) is 5.75 Å². The molecule has 3 heterocycles. The van der Waals surface area contributed by atoms with Gasteiger partial charge in [0.25, 0.3) is 0 Å². The van der Waals surface area contributed by atoms with Crippen LogP contribution in [0, 0.1) is 0 Å². The molecule has 0 bridgehead atoms. The van der Waals surface area contributed by atoms with E-state index in [0.717, 1.165) is 39.1 Å². The van der Waals surface area contributed by atoms with Crippen LogP contribution in [0.1, 0.15) is 12.5 Å². The number of H-pyrrole nitrogens is 1. The maximum atomic E-state index is 5.55. The maximum Gasteiger partial charge on any atom is 0.211 e. The van der Waals surface area contributed by atoms with E-state index in [1.54, 1.807) is 18.0 Å². The highest BCUT2D eigenvalue weighted by Crippen LogP contribution is 2.27. The van der Waals surface area contributed by atoms with Crippen LogP contribution in [0.2, 0.25) is 0 Å². The van der Waals surface area contributed by atoms with Crippen LogP contribution in [0.4, 0.5) is 0 Å². The van der Waals surface area contributed by atoms with E-state index in [-0.39, 0.29) is 0 Å². The van der Waals surface area contributed by atoms with Crippen LogP contribution in [-0.4, -0.2) is 31.8 Å². The van der Waals surface area contributed by atoms with Crippen molar-refractivity contribution in [1.82, 2.24) is 25.1 Å². The van der Waals surface area contributed by atoms with Crippen LogP contribution >= 0.6 is 11.8 Å². The van der Waals surface area contributed by atoms with Gasteiger partial charge in [-0.1, -0.05) is 17.8 Å². The average molecular weight is 337 g/mol. The Morgan fingerprint density at radius 1 is 1.21 bits per heavy atom. The lowest BCUT2D eigenvalue weighted by Crippen LogP contribution is -1.92. The zero-order chi connectivity index (χ0) is 16.4. The lowest BCUT2D eigenvalue weighted by atomic mass is 10.2. The third-order valence-corrected chi connectivity index (χ3v) is 4.48. The van der Waals surface area contributed by atoms with Crippen LogP contribution in [0.3, 0.4) is 0 Å². The van der Waals surface area contributed by atoms with Crippen molar-refractivity contribution in [2.45, 2.75) is 17.8 Å². The molecule has 0 saturated carbocycles. The quantitative estimate of drug-likeness (QED) is 0.561. The Morgan fingerprint density at radius 2 is 2.17 bits per heavy atom. The molecule has 4 rings (SSSR count). The van der Waals surface area contributed by atoms with Gasteiger partial charge in [-0.2, -0.15) is 0 Å². The Morgan fingerprint density at radius 3 is 3.00 bits per heavy atom. The molecular weight excluding hydrogens is 322 g/mol. The van der Waals surface area contributed by atoms with E-state index in [2.05, 4.69) is 25.1 Å². The van der Waals surface area contributed by atoms with Gasteiger partial charge in [0.15, 0.2) is 5.65 Å². The predicted molar refractivity (Wildman–Crippen MR) is 94.2 cm³/mol. The van der Waals surface area contributed by atoms with E-state index in [9.17, 15) is 0 Å². The standard InChI is InChI=1S/C17H15N5OS/c1-2-23-12-5-6-14-13(8-12)15-16(19-14)20-17(22-21-15)24-10-11-4-3-7-18-9-11/h3-9H,2,10H2,1H3,(H,19,20,22). The summed E-state index contributed by atoms with van der Waals surface area (Å²) in [6, 6.07) is 9.84. The molecule has 120 valence electrons. The highest BCUT2D eigenvalue weighted by Gasteiger charge is 2.10. The lowest BCUT2D eigenvalue weighted by Gasteiger charge is -2.01. The first-order valence-electron chi connectivity index (χ1n) is 7.64. The largest absolute Gasteiger partial charge is 0.494 e.